The predicted octanol–water partition coefficient (Wildman–Crippen LogP) is 4.21. The van der Waals surface area contributed by atoms with Crippen molar-refractivity contribution in [1.82, 2.24) is 9.78 Å². The first-order valence-electron chi connectivity index (χ1n) is 7.82. The molecule has 4 heteroatoms. The molecule has 3 aromatic rings. The van der Waals surface area contributed by atoms with Crippen LogP contribution in [0.25, 0.3) is 22.5 Å². The van der Waals surface area contributed by atoms with Crippen LogP contribution in [0, 0.1) is 0 Å². The van der Waals surface area contributed by atoms with Crippen LogP contribution in [-0.2, 0) is 13.0 Å². The zero-order chi connectivity index (χ0) is 16.4. The second kappa shape index (κ2) is 6.16. The summed E-state index contributed by atoms with van der Waals surface area (Å²) in [5.74, 6) is 0.508. The Morgan fingerprint density at radius 2 is 1.35 bits per heavy atom. The Hall–Kier alpha value is -2.75. The van der Waals surface area contributed by atoms with Gasteiger partial charge in [0, 0.05) is 23.2 Å². The summed E-state index contributed by atoms with van der Waals surface area (Å²) in [6.45, 7) is 4.95. The molecule has 0 atom stereocenters. The van der Waals surface area contributed by atoms with E-state index in [-0.39, 0.29) is 11.5 Å². The average Bonchev–Trinajstić information content (AvgIpc) is 2.95. The summed E-state index contributed by atoms with van der Waals surface area (Å²) in [7, 11) is 0. The highest BCUT2D eigenvalue weighted by Gasteiger charge is 2.18. The van der Waals surface area contributed by atoms with Crippen LogP contribution >= 0.6 is 0 Å². The van der Waals surface area contributed by atoms with Gasteiger partial charge in [0.25, 0.3) is 0 Å². The molecule has 0 saturated heterocycles. The number of phenolic OH excluding ortho intramolecular Hbond substituents is 2. The zero-order valence-electron chi connectivity index (χ0n) is 13.3. The van der Waals surface area contributed by atoms with E-state index < -0.39 is 0 Å². The van der Waals surface area contributed by atoms with Crippen LogP contribution in [0.15, 0.2) is 48.5 Å². The second-order valence-electron chi connectivity index (χ2n) is 5.44. The maximum atomic E-state index is 9.52. The highest BCUT2D eigenvalue weighted by atomic mass is 16.3. The smallest absolute Gasteiger partial charge is 0.115 e. The molecule has 0 aliphatic heterocycles. The minimum atomic E-state index is 0.250. The van der Waals surface area contributed by atoms with E-state index in [4.69, 9.17) is 5.10 Å². The van der Waals surface area contributed by atoms with Gasteiger partial charge in [0.2, 0.25) is 0 Å². The van der Waals surface area contributed by atoms with E-state index in [0.717, 1.165) is 35.5 Å². The van der Waals surface area contributed by atoms with Gasteiger partial charge in [0.05, 0.1) is 11.4 Å². The standard InChI is InChI=1S/C19H20N2O2/c1-3-17-18(13-5-9-15(22)10-6-13)20-21(4-2)19(17)14-7-11-16(23)12-8-14/h5-12,22-23H,3-4H2,1-2H3. The number of rotatable bonds is 4. The van der Waals surface area contributed by atoms with E-state index in [1.807, 2.05) is 28.9 Å². The number of aromatic nitrogens is 2. The van der Waals surface area contributed by atoms with E-state index in [1.165, 1.54) is 5.56 Å². The minimum absolute atomic E-state index is 0.250. The van der Waals surface area contributed by atoms with Crippen molar-refractivity contribution >= 4 is 0 Å². The summed E-state index contributed by atoms with van der Waals surface area (Å²) in [5.41, 5.74) is 5.23. The third-order valence-corrected chi connectivity index (χ3v) is 3.99. The van der Waals surface area contributed by atoms with Gasteiger partial charge in [-0.3, -0.25) is 4.68 Å². The molecule has 23 heavy (non-hydrogen) atoms. The van der Waals surface area contributed by atoms with Crippen molar-refractivity contribution < 1.29 is 10.2 Å². The van der Waals surface area contributed by atoms with Crippen LogP contribution in [0.4, 0.5) is 0 Å². The van der Waals surface area contributed by atoms with Crippen molar-refractivity contribution in [2.45, 2.75) is 26.8 Å². The Labute approximate surface area is 135 Å². The van der Waals surface area contributed by atoms with Crippen LogP contribution < -0.4 is 0 Å². The van der Waals surface area contributed by atoms with Crippen molar-refractivity contribution in [2.75, 3.05) is 0 Å². The lowest BCUT2D eigenvalue weighted by Crippen LogP contribution is -1.99. The van der Waals surface area contributed by atoms with Gasteiger partial charge >= 0.3 is 0 Å². The van der Waals surface area contributed by atoms with Crippen LogP contribution in [0.1, 0.15) is 19.4 Å². The largest absolute Gasteiger partial charge is 0.508 e. The van der Waals surface area contributed by atoms with Crippen molar-refractivity contribution in [1.29, 1.82) is 0 Å². The lowest BCUT2D eigenvalue weighted by Gasteiger charge is -2.08. The first-order chi connectivity index (χ1) is 11.1. The van der Waals surface area contributed by atoms with Gasteiger partial charge in [0.1, 0.15) is 11.5 Å². The number of benzene rings is 2. The Balaban J connectivity index is 2.19. The third kappa shape index (κ3) is 2.80. The van der Waals surface area contributed by atoms with Gasteiger partial charge in [0.15, 0.2) is 0 Å². The molecule has 0 aliphatic rings. The van der Waals surface area contributed by atoms with E-state index in [9.17, 15) is 10.2 Å². The van der Waals surface area contributed by atoms with Gasteiger partial charge in [-0.15, -0.1) is 0 Å². The van der Waals surface area contributed by atoms with E-state index >= 15 is 0 Å². The highest BCUT2D eigenvalue weighted by Crippen LogP contribution is 2.34. The normalized spacial score (nSPS) is 10.9. The molecule has 1 heterocycles. The first-order valence-corrected chi connectivity index (χ1v) is 7.82. The topological polar surface area (TPSA) is 58.3 Å². The Morgan fingerprint density at radius 3 is 1.83 bits per heavy atom. The summed E-state index contributed by atoms with van der Waals surface area (Å²) >= 11 is 0. The number of aryl methyl sites for hydroxylation is 1. The fourth-order valence-electron chi connectivity index (χ4n) is 2.86. The molecule has 4 nitrogen and oxygen atoms in total. The highest BCUT2D eigenvalue weighted by molar-refractivity contribution is 5.75. The Bertz CT molecular complexity index is 803. The first kappa shape index (κ1) is 15.2. The molecule has 0 spiro atoms. The molecular formula is C19H20N2O2. The predicted molar refractivity (Wildman–Crippen MR) is 91.5 cm³/mol. The number of hydrogen-bond acceptors (Lipinski definition) is 3. The number of nitrogens with zero attached hydrogens (tertiary/aromatic N) is 2. The average molecular weight is 308 g/mol. The van der Waals surface area contributed by atoms with E-state index in [2.05, 4.69) is 13.8 Å². The molecule has 0 fully saturated rings. The molecule has 2 aromatic carbocycles. The van der Waals surface area contributed by atoms with Crippen LogP contribution in [0.3, 0.4) is 0 Å². The van der Waals surface area contributed by atoms with Crippen LogP contribution in [0.5, 0.6) is 11.5 Å². The van der Waals surface area contributed by atoms with Gasteiger partial charge in [-0.2, -0.15) is 5.10 Å². The fourth-order valence-corrected chi connectivity index (χ4v) is 2.86. The summed E-state index contributed by atoms with van der Waals surface area (Å²) in [5, 5.41) is 23.8. The van der Waals surface area contributed by atoms with E-state index in [0.29, 0.717) is 0 Å². The molecule has 3 rings (SSSR count). The molecule has 118 valence electrons. The number of aromatic hydroxyl groups is 2. The van der Waals surface area contributed by atoms with Gasteiger partial charge in [-0.25, -0.2) is 0 Å². The molecule has 0 unspecified atom stereocenters. The van der Waals surface area contributed by atoms with Crippen molar-refractivity contribution in [3.63, 3.8) is 0 Å². The quantitative estimate of drug-likeness (QED) is 0.759. The fraction of sp³-hybridized carbons (Fsp3) is 0.211. The summed E-state index contributed by atoms with van der Waals surface area (Å²) in [6, 6.07) is 14.4. The van der Waals surface area contributed by atoms with Crippen LogP contribution in [0.2, 0.25) is 0 Å². The molecule has 0 radical (unpaired) electrons. The number of hydrogen-bond donors (Lipinski definition) is 2. The summed E-state index contributed by atoms with van der Waals surface area (Å²) in [6.07, 6.45) is 0.854. The van der Waals surface area contributed by atoms with Crippen molar-refractivity contribution in [3.8, 4) is 34.0 Å². The molecule has 0 amide bonds. The molecule has 2 N–H and O–H groups in total. The Kier molecular flexibility index (Phi) is 4.06. The van der Waals surface area contributed by atoms with Crippen LogP contribution in [-0.4, -0.2) is 20.0 Å². The minimum Gasteiger partial charge on any atom is -0.508 e. The van der Waals surface area contributed by atoms with Gasteiger partial charge in [-0.1, -0.05) is 6.92 Å². The van der Waals surface area contributed by atoms with Gasteiger partial charge in [-0.05, 0) is 61.9 Å². The SMILES string of the molecule is CCc1c(-c2ccc(O)cc2)nn(CC)c1-c1ccc(O)cc1. The summed E-state index contributed by atoms with van der Waals surface area (Å²) in [4.78, 5) is 0. The van der Waals surface area contributed by atoms with Crippen molar-refractivity contribution in [2.24, 2.45) is 0 Å². The third-order valence-electron chi connectivity index (χ3n) is 3.99. The molecule has 1 aromatic heterocycles. The maximum absolute atomic E-state index is 9.52. The lowest BCUT2D eigenvalue weighted by molar-refractivity contribution is 0.475. The summed E-state index contributed by atoms with van der Waals surface area (Å²) < 4.78 is 1.99. The zero-order valence-corrected chi connectivity index (χ0v) is 13.3. The second-order valence-corrected chi connectivity index (χ2v) is 5.44. The maximum Gasteiger partial charge on any atom is 0.115 e. The molecular weight excluding hydrogens is 288 g/mol. The monoisotopic (exact) mass is 308 g/mol. The molecule has 0 saturated carbocycles. The van der Waals surface area contributed by atoms with E-state index in [1.54, 1.807) is 24.3 Å². The van der Waals surface area contributed by atoms with Crippen molar-refractivity contribution in [3.05, 3.63) is 54.1 Å². The number of phenols is 2. The lowest BCUT2D eigenvalue weighted by atomic mass is 10.00. The van der Waals surface area contributed by atoms with Gasteiger partial charge < -0.3 is 10.2 Å². The molecule has 0 bridgehead atoms. The molecule has 0 aliphatic carbocycles. The Morgan fingerprint density at radius 1 is 0.826 bits per heavy atom.